The topological polar surface area (TPSA) is 56.8 Å². The lowest BCUT2D eigenvalue weighted by Gasteiger charge is -2.08. The van der Waals surface area contributed by atoms with Crippen LogP contribution in [0, 0.1) is 22.7 Å². The van der Waals surface area contributed by atoms with E-state index in [1.807, 2.05) is 6.07 Å². The van der Waals surface area contributed by atoms with Crippen molar-refractivity contribution in [3.05, 3.63) is 58.1 Å². The first-order chi connectivity index (χ1) is 8.74. The lowest BCUT2D eigenvalue weighted by molar-refractivity contribution is 0.480. The predicted octanol–water partition coefficient (Wildman–Crippen LogP) is 3.98. The zero-order valence-electron chi connectivity index (χ0n) is 9.22. The quantitative estimate of drug-likeness (QED) is 0.842. The molecule has 4 heteroatoms. The molecule has 0 aliphatic heterocycles. The third-order valence-electron chi connectivity index (χ3n) is 2.28. The van der Waals surface area contributed by atoms with Gasteiger partial charge in [0.2, 0.25) is 0 Å². The summed E-state index contributed by atoms with van der Waals surface area (Å²) in [7, 11) is 0. The molecule has 0 unspecified atom stereocenters. The van der Waals surface area contributed by atoms with E-state index < -0.39 is 0 Å². The van der Waals surface area contributed by atoms with Crippen LogP contribution in [-0.2, 0) is 0 Å². The summed E-state index contributed by atoms with van der Waals surface area (Å²) in [5.74, 6) is 0.991. The van der Waals surface area contributed by atoms with Crippen LogP contribution in [0.4, 0.5) is 0 Å². The standard InChI is InChI=1S/C14H7BrN2O/c15-13-5-2-6-14(12(13)9-17)18-11-4-1-3-10(7-11)8-16/h1-7H. The van der Waals surface area contributed by atoms with E-state index in [0.29, 0.717) is 27.1 Å². The van der Waals surface area contributed by atoms with Crippen LogP contribution in [0.25, 0.3) is 0 Å². The maximum absolute atomic E-state index is 9.07. The number of halogens is 1. The summed E-state index contributed by atoms with van der Waals surface area (Å²) < 4.78 is 6.30. The summed E-state index contributed by atoms with van der Waals surface area (Å²) in [6.07, 6.45) is 0. The molecule has 0 aromatic heterocycles. The van der Waals surface area contributed by atoms with Gasteiger partial charge >= 0.3 is 0 Å². The molecule has 0 fully saturated rings. The molecule has 18 heavy (non-hydrogen) atoms. The van der Waals surface area contributed by atoms with Gasteiger partial charge in [0.15, 0.2) is 0 Å². The molecule has 0 saturated carbocycles. The van der Waals surface area contributed by atoms with Crippen molar-refractivity contribution in [3.8, 4) is 23.6 Å². The van der Waals surface area contributed by atoms with Crippen LogP contribution in [0.1, 0.15) is 11.1 Å². The molecule has 0 heterocycles. The number of benzene rings is 2. The number of hydrogen-bond donors (Lipinski definition) is 0. The molecule has 86 valence electrons. The van der Waals surface area contributed by atoms with E-state index in [1.165, 1.54) is 0 Å². The van der Waals surface area contributed by atoms with E-state index in [0.717, 1.165) is 0 Å². The smallest absolute Gasteiger partial charge is 0.146 e. The van der Waals surface area contributed by atoms with E-state index in [9.17, 15) is 0 Å². The van der Waals surface area contributed by atoms with Crippen molar-refractivity contribution in [2.75, 3.05) is 0 Å². The largest absolute Gasteiger partial charge is 0.456 e. The SMILES string of the molecule is N#Cc1cccc(Oc2cccc(Br)c2C#N)c1. The normalized spacial score (nSPS) is 9.28. The molecular formula is C14H7BrN2O. The highest BCUT2D eigenvalue weighted by molar-refractivity contribution is 9.10. The van der Waals surface area contributed by atoms with Crippen LogP contribution in [0.2, 0.25) is 0 Å². The Kier molecular flexibility index (Phi) is 3.62. The number of nitrogens with zero attached hydrogens (tertiary/aromatic N) is 2. The third-order valence-corrected chi connectivity index (χ3v) is 2.94. The molecule has 3 nitrogen and oxygen atoms in total. The van der Waals surface area contributed by atoms with E-state index >= 15 is 0 Å². The minimum absolute atomic E-state index is 0.430. The van der Waals surface area contributed by atoms with Gasteiger partial charge in [-0.1, -0.05) is 12.1 Å². The second kappa shape index (κ2) is 5.35. The summed E-state index contributed by atoms with van der Waals surface area (Å²) >= 11 is 3.29. The maximum Gasteiger partial charge on any atom is 0.146 e. The molecule has 0 aliphatic rings. The number of rotatable bonds is 2. The molecule has 0 bridgehead atoms. The third kappa shape index (κ3) is 2.51. The van der Waals surface area contributed by atoms with Crippen molar-refractivity contribution in [2.45, 2.75) is 0 Å². The highest BCUT2D eigenvalue weighted by Crippen LogP contribution is 2.30. The Morgan fingerprint density at radius 1 is 1.00 bits per heavy atom. The van der Waals surface area contributed by atoms with Gasteiger partial charge in [-0.05, 0) is 46.3 Å². The number of ether oxygens (including phenoxy) is 1. The molecule has 2 rings (SSSR count). The Morgan fingerprint density at radius 3 is 2.50 bits per heavy atom. The predicted molar refractivity (Wildman–Crippen MR) is 70.1 cm³/mol. The summed E-state index contributed by atoms with van der Waals surface area (Å²) in [5.41, 5.74) is 0.945. The first-order valence-corrected chi connectivity index (χ1v) is 5.90. The van der Waals surface area contributed by atoms with Crippen molar-refractivity contribution in [1.82, 2.24) is 0 Å². The minimum atomic E-state index is 0.430. The average molecular weight is 299 g/mol. The number of hydrogen-bond acceptors (Lipinski definition) is 3. The van der Waals surface area contributed by atoms with Gasteiger partial charge in [-0.3, -0.25) is 0 Å². The van der Waals surface area contributed by atoms with Crippen LogP contribution < -0.4 is 4.74 Å². The fraction of sp³-hybridized carbons (Fsp3) is 0. The summed E-state index contributed by atoms with van der Waals surface area (Å²) in [6, 6.07) is 16.2. The van der Waals surface area contributed by atoms with E-state index in [4.69, 9.17) is 15.3 Å². The van der Waals surface area contributed by atoms with Gasteiger partial charge in [0.1, 0.15) is 23.1 Å². The van der Waals surface area contributed by atoms with E-state index in [1.54, 1.807) is 42.5 Å². The minimum Gasteiger partial charge on any atom is -0.456 e. The van der Waals surface area contributed by atoms with Crippen LogP contribution in [0.5, 0.6) is 11.5 Å². The molecule has 0 spiro atoms. The van der Waals surface area contributed by atoms with Gasteiger partial charge in [0.25, 0.3) is 0 Å². The van der Waals surface area contributed by atoms with Crippen molar-refractivity contribution in [3.63, 3.8) is 0 Å². The zero-order valence-corrected chi connectivity index (χ0v) is 10.8. The van der Waals surface area contributed by atoms with E-state index in [-0.39, 0.29) is 0 Å². The molecular weight excluding hydrogens is 292 g/mol. The summed E-state index contributed by atoms with van der Waals surface area (Å²) in [4.78, 5) is 0. The van der Waals surface area contributed by atoms with Crippen LogP contribution in [-0.4, -0.2) is 0 Å². The Morgan fingerprint density at radius 2 is 1.78 bits per heavy atom. The lowest BCUT2D eigenvalue weighted by Crippen LogP contribution is -1.89. The van der Waals surface area contributed by atoms with E-state index in [2.05, 4.69) is 22.0 Å². The Balaban J connectivity index is 2.38. The van der Waals surface area contributed by atoms with Crippen molar-refractivity contribution in [2.24, 2.45) is 0 Å². The molecule has 2 aromatic rings. The Hall–Kier alpha value is -2.30. The maximum atomic E-state index is 9.07. The van der Waals surface area contributed by atoms with Gasteiger partial charge in [-0.25, -0.2) is 0 Å². The second-order valence-corrected chi connectivity index (χ2v) is 4.32. The molecule has 0 atom stereocenters. The first-order valence-electron chi connectivity index (χ1n) is 5.11. The molecule has 0 amide bonds. The van der Waals surface area contributed by atoms with Gasteiger partial charge in [0.05, 0.1) is 11.6 Å². The Bertz CT molecular complexity index is 668. The van der Waals surface area contributed by atoms with Gasteiger partial charge in [0, 0.05) is 4.47 Å². The molecule has 2 aromatic carbocycles. The monoisotopic (exact) mass is 298 g/mol. The Labute approximate surface area is 113 Å². The fourth-order valence-corrected chi connectivity index (χ4v) is 1.89. The lowest BCUT2D eigenvalue weighted by atomic mass is 10.2. The van der Waals surface area contributed by atoms with Crippen LogP contribution in [0.3, 0.4) is 0 Å². The molecule has 0 N–H and O–H groups in total. The van der Waals surface area contributed by atoms with Crippen molar-refractivity contribution >= 4 is 15.9 Å². The van der Waals surface area contributed by atoms with Crippen LogP contribution >= 0.6 is 15.9 Å². The summed E-state index contributed by atoms with van der Waals surface area (Å²) in [6.45, 7) is 0. The molecule has 0 saturated heterocycles. The average Bonchev–Trinajstić information content (AvgIpc) is 2.39. The van der Waals surface area contributed by atoms with Gasteiger partial charge in [-0.15, -0.1) is 0 Å². The fourth-order valence-electron chi connectivity index (χ4n) is 1.45. The van der Waals surface area contributed by atoms with Crippen molar-refractivity contribution < 1.29 is 4.74 Å². The van der Waals surface area contributed by atoms with Crippen molar-refractivity contribution in [1.29, 1.82) is 10.5 Å². The van der Waals surface area contributed by atoms with Gasteiger partial charge in [-0.2, -0.15) is 10.5 Å². The molecule has 0 aliphatic carbocycles. The number of nitriles is 2. The second-order valence-electron chi connectivity index (χ2n) is 3.47. The molecule has 0 radical (unpaired) electrons. The van der Waals surface area contributed by atoms with Crippen LogP contribution in [0.15, 0.2) is 46.9 Å². The highest BCUT2D eigenvalue weighted by atomic mass is 79.9. The first kappa shape index (κ1) is 12.2. The van der Waals surface area contributed by atoms with Gasteiger partial charge < -0.3 is 4.74 Å². The summed E-state index contributed by atoms with van der Waals surface area (Å²) in [5, 5.41) is 17.9. The highest BCUT2D eigenvalue weighted by Gasteiger charge is 2.08. The zero-order chi connectivity index (χ0) is 13.0.